The number of likely N-dealkylation sites (N-methyl/N-ethyl adjacent to an activating group) is 1. The third kappa shape index (κ3) is 4.09. The number of rotatable bonds is 5. The summed E-state index contributed by atoms with van der Waals surface area (Å²) < 4.78 is 18.0. The van der Waals surface area contributed by atoms with Gasteiger partial charge >= 0.3 is 0 Å². The molecule has 0 saturated heterocycles. The molecule has 1 atom stereocenters. The lowest BCUT2D eigenvalue weighted by molar-refractivity contribution is 0.0380. The fourth-order valence-corrected chi connectivity index (χ4v) is 1.72. The van der Waals surface area contributed by atoms with Gasteiger partial charge in [0.15, 0.2) is 0 Å². The molecule has 18 heavy (non-hydrogen) atoms. The second-order valence-corrected chi connectivity index (χ2v) is 4.31. The predicted molar refractivity (Wildman–Crippen MR) is 66.0 cm³/mol. The molecule has 0 heterocycles. The van der Waals surface area contributed by atoms with Gasteiger partial charge in [-0.25, -0.2) is 4.39 Å². The Bertz CT molecular complexity index is 402. The number of hydrogen-bond donors (Lipinski definition) is 1. The highest BCUT2D eigenvalue weighted by molar-refractivity contribution is 5.94. The summed E-state index contributed by atoms with van der Waals surface area (Å²) in [6.07, 6.45) is -0.751. The Hall–Kier alpha value is -1.46. The Morgan fingerprint density at radius 2 is 2.17 bits per heavy atom. The van der Waals surface area contributed by atoms with Gasteiger partial charge in [-0.1, -0.05) is 0 Å². The molecule has 0 aliphatic heterocycles. The van der Waals surface area contributed by atoms with E-state index >= 15 is 0 Å². The molecule has 0 radical (unpaired) electrons. The summed E-state index contributed by atoms with van der Waals surface area (Å²) in [6, 6.07) is 4.16. The van der Waals surface area contributed by atoms with E-state index in [-0.39, 0.29) is 24.6 Å². The number of aliphatic hydroxyl groups excluding tert-OH is 1. The van der Waals surface area contributed by atoms with Crippen LogP contribution < -0.4 is 0 Å². The molecule has 1 aromatic carbocycles. The van der Waals surface area contributed by atoms with Crippen molar-refractivity contribution in [2.45, 2.75) is 13.0 Å². The van der Waals surface area contributed by atoms with Crippen LogP contribution >= 0.6 is 0 Å². The SMILES string of the molecule is COC[C@H](O)CN(C)C(=O)c1cc(C)cc(F)c1. The Labute approximate surface area is 106 Å². The molecule has 0 saturated carbocycles. The van der Waals surface area contributed by atoms with Crippen LogP contribution in [0.2, 0.25) is 0 Å². The summed E-state index contributed by atoms with van der Waals surface area (Å²) in [7, 11) is 3.03. The maximum absolute atomic E-state index is 13.2. The van der Waals surface area contributed by atoms with Crippen molar-refractivity contribution in [3.8, 4) is 0 Å². The number of ether oxygens (including phenoxy) is 1. The molecule has 1 N–H and O–H groups in total. The highest BCUT2D eigenvalue weighted by Crippen LogP contribution is 2.10. The first kappa shape index (κ1) is 14.6. The van der Waals surface area contributed by atoms with Gasteiger partial charge in [0.25, 0.3) is 5.91 Å². The van der Waals surface area contributed by atoms with Crippen molar-refractivity contribution >= 4 is 5.91 Å². The Morgan fingerprint density at radius 3 is 2.72 bits per heavy atom. The van der Waals surface area contributed by atoms with Crippen LogP contribution in [-0.4, -0.2) is 49.3 Å². The van der Waals surface area contributed by atoms with Crippen molar-refractivity contribution in [3.05, 3.63) is 35.1 Å². The van der Waals surface area contributed by atoms with E-state index in [1.165, 1.54) is 24.1 Å². The average molecular weight is 255 g/mol. The molecule has 0 aliphatic carbocycles. The minimum Gasteiger partial charge on any atom is -0.389 e. The normalized spacial score (nSPS) is 12.3. The Kier molecular flexibility index (Phi) is 5.25. The summed E-state index contributed by atoms with van der Waals surface area (Å²) in [6.45, 7) is 2.02. The first-order chi connectivity index (χ1) is 8.43. The average Bonchev–Trinajstić information content (AvgIpc) is 2.26. The zero-order chi connectivity index (χ0) is 13.7. The van der Waals surface area contributed by atoms with Gasteiger partial charge in [0.05, 0.1) is 12.7 Å². The molecule has 1 aromatic rings. The summed E-state index contributed by atoms with van der Waals surface area (Å²) in [5.41, 5.74) is 0.962. The maximum Gasteiger partial charge on any atom is 0.253 e. The fourth-order valence-electron chi connectivity index (χ4n) is 1.72. The first-order valence-corrected chi connectivity index (χ1v) is 5.63. The van der Waals surface area contributed by atoms with E-state index in [4.69, 9.17) is 4.74 Å². The van der Waals surface area contributed by atoms with Crippen molar-refractivity contribution in [2.75, 3.05) is 27.3 Å². The van der Waals surface area contributed by atoms with Gasteiger partial charge in [0, 0.05) is 26.3 Å². The number of hydrogen-bond acceptors (Lipinski definition) is 3. The third-order valence-electron chi connectivity index (χ3n) is 2.48. The van der Waals surface area contributed by atoms with Crippen LogP contribution in [0.3, 0.4) is 0 Å². The van der Waals surface area contributed by atoms with Gasteiger partial charge in [-0.3, -0.25) is 4.79 Å². The molecule has 0 spiro atoms. The van der Waals surface area contributed by atoms with Crippen LogP contribution in [0.1, 0.15) is 15.9 Å². The van der Waals surface area contributed by atoms with E-state index in [9.17, 15) is 14.3 Å². The molecule has 4 nitrogen and oxygen atoms in total. The minimum absolute atomic E-state index is 0.141. The lowest BCUT2D eigenvalue weighted by Crippen LogP contribution is -2.36. The summed E-state index contributed by atoms with van der Waals surface area (Å²) in [5.74, 6) is -0.767. The number of carbonyl (C=O) groups is 1. The standard InChI is InChI=1S/C13H18FNO3/c1-9-4-10(6-11(14)5-9)13(17)15(2)7-12(16)8-18-3/h4-6,12,16H,7-8H2,1-3H3/t12-/m1/s1. The van der Waals surface area contributed by atoms with E-state index in [1.807, 2.05) is 0 Å². The molecule has 100 valence electrons. The number of benzene rings is 1. The fraction of sp³-hybridized carbons (Fsp3) is 0.462. The van der Waals surface area contributed by atoms with Crippen molar-refractivity contribution in [3.63, 3.8) is 0 Å². The van der Waals surface area contributed by atoms with Gasteiger partial charge in [-0.05, 0) is 30.7 Å². The zero-order valence-electron chi connectivity index (χ0n) is 10.8. The van der Waals surface area contributed by atoms with E-state index < -0.39 is 11.9 Å². The monoisotopic (exact) mass is 255 g/mol. The van der Waals surface area contributed by atoms with E-state index in [2.05, 4.69) is 0 Å². The quantitative estimate of drug-likeness (QED) is 0.860. The Balaban J connectivity index is 2.74. The molecule has 1 rings (SSSR count). The second-order valence-electron chi connectivity index (χ2n) is 4.31. The van der Waals surface area contributed by atoms with Crippen LogP contribution in [0.25, 0.3) is 0 Å². The van der Waals surface area contributed by atoms with Crippen LogP contribution in [0, 0.1) is 12.7 Å². The third-order valence-corrected chi connectivity index (χ3v) is 2.48. The number of methoxy groups -OCH3 is 1. The summed E-state index contributed by atoms with van der Waals surface area (Å²) >= 11 is 0. The molecule has 0 aromatic heterocycles. The molecular weight excluding hydrogens is 237 g/mol. The van der Waals surface area contributed by atoms with E-state index in [0.29, 0.717) is 5.56 Å². The maximum atomic E-state index is 13.2. The molecule has 0 fully saturated rings. The topological polar surface area (TPSA) is 49.8 Å². The number of halogens is 1. The number of aliphatic hydroxyl groups is 1. The first-order valence-electron chi connectivity index (χ1n) is 5.63. The van der Waals surface area contributed by atoms with Gasteiger partial charge in [-0.2, -0.15) is 0 Å². The largest absolute Gasteiger partial charge is 0.389 e. The molecule has 0 bridgehead atoms. The van der Waals surface area contributed by atoms with Crippen LogP contribution in [0.5, 0.6) is 0 Å². The summed E-state index contributed by atoms with van der Waals surface area (Å²) in [4.78, 5) is 13.3. The Morgan fingerprint density at radius 1 is 1.50 bits per heavy atom. The second kappa shape index (κ2) is 6.47. The van der Waals surface area contributed by atoms with Gasteiger partial charge in [0.2, 0.25) is 0 Å². The van der Waals surface area contributed by atoms with Crippen molar-refractivity contribution in [1.82, 2.24) is 4.90 Å². The van der Waals surface area contributed by atoms with Crippen LogP contribution in [0.15, 0.2) is 18.2 Å². The summed E-state index contributed by atoms with van der Waals surface area (Å²) in [5, 5.41) is 9.53. The highest BCUT2D eigenvalue weighted by atomic mass is 19.1. The number of aryl methyl sites for hydroxylation is 1. The van der Waals surface area contributed by atoms with Crippen molar-refractivity contribution in [1.29, 1.82) is 0 Å². The number of carbonyl (C=O) groups excluding carboxylic acids is 1. The predicted octanol–water partition coefficient (Wildman–Crippen LogP) is 1.21. The van der Waals surface area contributed by atoms with Gasteiger partial charge in [-0.15, -0.1) is 0 Å². The molecule has 0 unspecified atom stereocenters. The zero-order valence-corrected chi connectivity index (χ0v) is 10.8. The van der Waals surface area contributed by atoms with Crippen molar-refractivity contribution < 1.29 is 19.0 Å². The highest BCUT2D eigenvalue weighted by Gasteiger charge is 2.16. The molecule has 0 aliphatic rings. The molecular formula is C13H18FNO3. The minimum atomic E-state index is -0.751. The molecule has 5 heteroatoms. The van der Waals surface area contributed by atoms with E-state index in [1.54, 1.807) is 20.0 Å². The smallest absolute Gasteiger partial charge is 0.253 e. The number of amides is 1. The van der Waals surface area contributed by atoms with Crippen molar-refractivity contribution in [2.24, 2.45) is 0 Å². The van der Waals surface area contributed by atoms with Crippen LogP contribution in [0.4, 0.5) is 4.39 Å². The molecule has 1 amide bonds. The number of nitrogens with zero attached hydrogens (tertiary/aromatic N) is 1. The van der Waals surface area contributed by atoms with Crippen LogP contribution in [-0.2, 0) is 4.74 Å². The van der Waals surface area contributed by atoms with E-state index in [0.717, 1.165) is 0 Å². The lowest BCUT2D eigenvalue weighted by Gasteiger charge is -2.20. The van der Waals surface area contributed by atoms with Gasteiger partial charge < -0.3 is 14.7 Å². The van der Waals surface area contributed by atoms with Gasteiger partial charge in [0.1, 0.15) is 5.82 Å². The lowest BCUT2D eigenvalue weighted by atomic mass is 10.1.